The molecule has 3 aromatic rings. The number of aryl methyl sites for hydroxylation is 2. The average molecular weight is 273 g/mol. The molecule has 6 heteroatoms. The molecule has 0 bridgehead atoms. The van der Waals surface area contributed by atoms with E-state index in [-0.39, 0.29) is 0 Å². The number of anilines is 1. The van der Waals surface area contributed by atoms with Gasteiger partial charge in [0.25, 0.3) is 0 Å². The molecular formula is C13H15N5S. The second kappa shape index (κ2) is 4.97. The van der Waals surface area contributed by atoms with Crippen molar-refractivity contribution in [2.24, 2.45) is 0 Å². The van der Waals surface area contributed by atoms with Crippen molar-refractivity contribution < 1.29 is 0 Å². The number of H-pyrrole nitrogens is 1. The molecule has 0 unspecified atom stereocenters. The summed E-state index contributed by atoms with van der Waals surface area (Å²) in [6.45, 7) is 4.86. The van der Waals surface area contributed by atoms with E-state index in [0.717, 1.165) is 46.2 Å². The van der Waals surface area contributed by atoms with Crippen molar-refractivity contribution >= 4 is 28.2 Å². The number of aromatic amines is 1. The Bertz CT molecular complexity index is 700. The van der Waals surface area contributed by atoms with Crippen LogP contribution < -0.4 is 5.32 Å². The molecule has 0 radical (unpaired) electrons. The monoisotopic (exact) mass is 273 g/mol. The molecule has 19 heavy (non-hydrogen) atoms. The molecular weight excluding hydrogens is 258 g/mol. The molecule has 3 aromatic heterocycles. The Balaban J connectivity index is 1.71. The lowest BCUT2D eigenvalue weighted by Gasteiger charge is -2.04. The lowest BCUT2D eigenvalue weighted by Crippen LogP contribution is -2.06. The quantitative estimate of drug-likeness (QED) is 0.767. The van der Waals surface area contributed by atoms with Crippen LogP contribution in [0.2, 0.25) is 0 Å². The lowest BCUT2D eigenvalue weighted by molar-refractivity contribution is 0.978. The van der Waals surface area contributed by atoms with E-state index < -0.39 is 0 Å². The van der Waals surface area contributed by atoms with Crippen LogP contribution in [0.25, 0.3) is 11.0 Å². The van der Waals surface area contributed by atoms with Gasteiger partial charge >= 0.3 is 0 Å². The van der Waals surface area contributed by atoms with Gasteiger partial charge in [0.1, 0.15) is 17.8 Å². The summed E-state index contributed by atoms with van der Waals surface area (Å²) in [7, 11) is 0. The molecule has 2 N–H and O–H groups in total. The van der Waals surface area contributed by atoms with Gasteiger partial charge in [0.2, 0.25) is 0 Å². The van der Waals surface area contributed by atoms with Gasteiger partial charge < -0.3 is 10.3 Å². The zero-order valence-electron chi connectivity index (χ0n) is 10.9. The van der Waals surface area contributed by atoms with Crippen molar-refractivity contribution in [1.82, 2.24) is 19.9 Å². The third-order valence-electron chi connectivity index (χ3n) is 2.86. The first-order valence-electron chi connectivity index (χ1n) is 6.17. The van der Waals surface area contributed by atoms with Gasteiger partial charge in [0.05, 0.1) is 10.4 Å². The van der Waals surface area contributed by atoms with E-state index in [0.29, 0.717) is 0 Å². The van der Waals surface area contributed by atoms with E-state index in [1.165, 1.54) is 0 Å². The Labute approximate surface area is 115 Å². The first kappa shape index (κ1) is 12.1. The molecule has 0 aromatic carbocycles. The fourth-order valence-corrected chi connectivity index (χ4v) is 2.79. The van der Waals surface area contributed by atoms with Crippen molar-refractivity contribution in [2.75, 3.05) is 11.9 Å². The Hall–Kier alpha value is -1.95. The predicted octanol–water partition coefficient (Wildman–Crippen LogP) is 2.69. The number of thiazole rings is 1. The highest BCUT2D eigenvalue weighted by Crippen LogP contribution is 2.19. The molecule has 5 nitrogen and oxygen atoms in total. The van der Waals surface area contributed by atoms with Gasteiger partial charge in [-0.2, -0.15) is 0 Å². The molecule has 0 amide bonds. The highest BCUT2D eigenvalue weighted by atomic mass is 32.1. The average Bonchev–Trinajstić information content (AvgIpc) is 2.95. The molecule has 0 atom stereocenters. The normalized spacial score (nSPS) is 11.1. The standard InChI is InChI=1S/C13H15N5S/c1-8-5-10-12(15-7-16-13(10)18-8)14-4-3-11-17-9(2)6-19-11/h5-7H,3-4H2,1-2H3,(H2,14,15,16,18). The number of fused-ring (bicyclic) bond motifs is 1. The van der Waals surface area contributed by atoms with Crippen molar-refractivity contribution in [3.8, 4) is 0 Å². The lowest BCUT2D eigenvalue weighted by atomic mass is 10.3. The third kappa shape index (κ3) is 2.58. The SMILES string of the molecule is Cc1csc(CCNc2ncnc3[nH]c(C)cc23)n1. The first-order chi connectivity index (χ1) is 9.22. The Morgan fingerprint density at radius 3 is 3.00 bits per heavy atom. The summed E-state index contributed by atoms with van der Waals surface area (Å²) in [5, 5.41) is 7.62. The predicted molar refractivity (Wildman–Crippen MR) is 77.7 cm³/mol. The van der Waals surface area contributed by atoms with Crippen molar-refractivity contribution in [1.29, 1.82) is 0 Å². The summed E-state index contributed by atoms with van der Waals surface area (Å²) in [6.07, 6.45) is 2.49. The van der Waals surface area contributed by atoms with Gasteiger partial charge in [-0.15, -0.1) is 11.3 Å². The molecule has 0 aliphatic rings. The van der Waals surface area contributed by atoms with Crippen LogP contribution in [0.15, 0.2) is 17.8 Å². The molecule has 0 saturated carbocycles. The summed E-state index contributed by atoms with van der Waals surface area (Å²) in [4.78, 5) is 16.2. The van der Waals surface area contributed by atoms with E-state index in [1.807, 2.05) is 13.8 Å². The van der Waals surface area contributed by atoms with Crippen LogP contribution >= 0.6 is 11.3 Å². The Kier molecular flexibility index (Phi) is 3.16. The summed E-state index contributed by atoms with van der Waals surface area (Å²) >= 11 is 1.70. The fourth-order valence-electron chi connectivity index (χ4n) is 2.02. The molecule has 0 spiro atoms. The van der Waals surface area contributed by atoms with Gasteiger partial charge in [-0.1, -0.05) is 0 Å². The molecule has 0 aliphatic carbocycles. The summed E-state index contributed by atoms with van der Waals surface area (Å²) in [5.74, 6) is 0.877. The van der Waals surface area contributed by atoms with E-state index in [2.05, 4.69) is 36.7 Å². The zero-order chi connectivity index (χ0) is 13.2. The molecule has 0 aliphatic heterocycles. The number of hydrogen-bond acceptors (Lipinski definition) is 5. The minimum absolute atomic E-state index is 0.823. The summed E-state index contributed by atoms with van der Waals surface area (Å²) < 4.78 is 0. The Morgan fingerprint density at radius 2 is 2.21 bits per heavy atom. The topological polar surface area (TPSA) is 66.5 Å². The molecule has 0 fully saturated rings. The highest BCUT2D eigenvalue weighted by Gasteiger charge is 2.06. The number of rotatable bonds is 4. The van der Waals surface area contributed by atoms with Crippen LogP contribution in [-0.2, 0) is 6.42 Å². The van der Waals surface area contributed by atoms with Crippen LogP contribution in [0.3, 0.4) is 0 Å². The number of aromatic nitrogens is 4. The number of nitrogens with zero attached hydrogens (tertiary/aromatic N) is 3. The van der Waals surface area contributed by atoms with Gasteiger partial charge in [-0.25, -0.2) is 15.0 Å². The maximum Gasteiger partial charge on any atom is 0.143 e. The largest absolute Gasteiger partial charge is 0.369 e. The molecule has 98 valence electrons. The van der Waals surface area contributed by atoms with Gasteiger partial charge in [0, 0.05) is 29.7 Å². The summed E-state index contributed by atoms with van der Waals surface area (Å²) in [6, 6.07) is 2.06. The second-order valence-electron chi connectivity index (χ2n) is 4.50. The molecule has 3 heterocycles. The van der Waals surface area contributed by atoms with E-state index >= 15 is 0 Å². The van der Waals surface area contributed by atoms with Crippen LogP contribution in [0, 0.1) is 13.8 Å². The fraction of sp³-hybridized carbons (Fsp3) is 0.308. The van der Waals surface area contributed by atoms with Crippen LogP contribution in [0.5, 0.6) is 0 Å². The van der Waals surface area contributed by atoms with Gasteiger partial charge in [-0.05, 0) is 19.9 Å². The maximum absolute atomic E-state index is 4.45. The van der Waals surface area contributed by atoms with Gasteiger partial charge in [-0.3, -0.25) is 0 Å². The minimum atomic E-state index is 0.823. The third-order valence-corrected chi connectivity index (χ3v) is 3.88. The number of hydrogen-bond donors (Lipinski definition) is 2. The van der Waals surface area contributed by atoms with Crippen LogP contribution in [0.4, 0.5) is 5.82 Å². The van der Waals surface area contributed by atoms with E-state index in [1.54, 1.807) is 17.7 Å². The van der Waals surface area contributed by atoms with Crippen LogP contribution in [0.1, 0.15) is 16.4 Å². The first-order valence-corrected chi connectivity index (χ1v) is 7.05. The second-order valence-corrected chi connectivity index (χ2v) is 5.44. The number of nitrogens with one attached hydrogen (secondary N) is 2. The molecule has 3 rings (SSSR count). The highest BCUT2D eigenvalue weighted by molar-refractivity contribution is 7.09. The van der Waals surface area contributed by atoms with Crippen molar-refractivity contribution in [2.45, 2.75) is 20.3 Å². The minimum Gasteiger partial charge on any atom is -0.369 e. The van der Waals surface area contributed by atoms with Crippen molar-refractivity contribution in [3.05, 3.63) is 34.2 Å². The smallest absolute Gasteiger partial charge is 0.143 e. The maximum atomic E-state index is 4.45. The van der Waals surface area contributed by atoms with E-state index in [9.17, 15) is 0 Å². The summed E-state index contributed by atoms with van der Waals surface area (Å²) in [5.41, 5.74) is 3.06. The van der Waals surface area contributed by atoms with E-state index in [4.69, 9.17) is 0 Å². The zero-order valence-corrected chi connectivity index (χ0v) is 11.7. The van der Waals surface area contributed by atoms with Crippen molar-refractivity contribution in [3.63, 3.8) is 0 Å². The Morgan fingerprint density at radius 1 is 1.32 bits per heavy atom. The van der Waals surface area contributed by atoms with Crippen LogP contribution in [-0.4, -0.2) is 26.5 Å². The molecule has 0 saturated heterocycles. The van der Waals surface area contributed by atoms with Gasteiger partial charge in [0.15, 0.2) is 0 Å².